The highest BCUT2D eigenvalue weighted by Crippen LogP contribution is 2.26. The van der Waals surface area contributed by atoms with Gasteiger partial charge in [-0.15, -0.1) is 0 Å². The van der Waals surface area contributed by atoms with E-state index in [0.717, 1.165) is 10.9 Å². The monoisotopic (exact) mass is 330 g/mol. The van der Waals surface area contributed by atoms with Crippen LogP contribution in [0.25, 0.3) is 10.9 Å². The fraction of sp³-hybridized carbons (Fsp3) is 0. The molecule has 3 heterocycles. The third-order valence-electron chi connectivity index (χ3n) is 3.63. The first-order valence-corrected chi connectivity index (χ1v) is 7.72. The van der Waals surface area contributed by atoms with Crippen LogP contribution in [0.1, 0.15) is 10.5 Å². The molecular weight excluding hydrogens is 316 g/mol. The lowest BCUT2D eigenvalue weighted by atomic mass is 10.2. The van der Waals surface area contributed by atoms with Crippen molar-refractivity contribution < 1.29 is 9.53 Å². The summed E-state index contributed by atoms with van der Waals surface area (Å²) in [5, 5.41) is 3.74. The lowest BCUT2D eigenvalue weighted by molar-refractivity contribution is 0.102. The van der Waals surface area contributed by atoms with Crippen molar-refractivity contribution >= 4 is 22.6 Å². The normalized spacial score (nSPS) is 10.6. The summed E-state index contributed by atoms with van der Waals surface area (Å²) in [7, 11) is 0. The SMILES string of the molecule is O=C(Nc1ncccc1Oc1ccccn1)c1cc2ccccc2[nH]1. The molecule has 122 valence electrons. The molecule has 0 bridgehead atoms. The number of ether oxygens (including phenoxy) is 1. The number of amides is 1. The van der Waals surface area contributed by atoms with Crippen molar-refractivity contribution in [1.29, 1.82) is 0 Å². The highest BCUT2D eigenvalue weighted by atomic mass is 16.5. The van der Waals surface area contributed by atoms with Gasteiger partial charge in [0.15, 0.2) is 11.6 Å². The maximum atomic E-state index is 12.5. The number of benzene rings is 1. The van der Waals surface area contributed by atoms with Crippen LogP contribution in [-0.4, -0.2) is 20.9 Å². The molecule has 1 amide bonds. The highest BCUT2D eigenvalue weighted by molar-refractivity contribution is 6.06. The van der Waals surface area contributed by atoms with Gasteiger partial charge in [0.1, 0.15) is 5.69 Å². The third-order valence-corrected chi connectivity index (χ3v) is 3.63. The molecule has 0 spiro atoms. The molecule has 1 aromatic carbocycles. The smallest absolute Gasteiger partial charge is 0.273 e. The van der Waals surface area contributed by atoms with E-state index >= 15 is 0 Å². The summed E-state index contributed by atoms with van der Waals surface area (Å²) in [5.41, 5.74) is 1.36. The first-order valence-electron chi connectivity index (χ1n) is 7.72. The number of aromatic amines is 1. The second-order valence-corrected chi connectivity index (χ2v) is 5.34. The van der Waals surface area contributed by atoms with Gasteiger partial charge in [-0.05, 0) is 30.3 Å². The Morgan fingerprint density at radius 3 is 2.64 bits per heavy atom. The van der Waals surface area contributed by atoms with Gasteiger partial charge in [0.05, 0.1) is 0 Å². The van der Waals surface area contributed by atoms with E-state index in [0.29, 0.717) is 23.1 Å². The minimum atomic E-state index is -0.291. The van der Waals surface area contributed by atoms with Crippen molar-refractivity contribution in [2.24, 2.45) is 0 Å². The Morgan fingerprint density at radius 2 is 1.80 bits per heavy atom. The number of H-pyrrole nitrogens is 1. The predicted octanol–water partition coefficient (Wildman–Crippen LogP) is 4.00. The fourth-order valence-electron chi connectivity index (χ4n) is 2.46. The number of para-hydroxylation sites is 1. The molecule has 2 N–H and O–H groups in total. The predicted molar refractivity (Wildman–Crippen MR) is 94.8 cm³/mol. The number of pyridine rings is 2. The average Bonchev–Trinajstić information content (AvgIpc) is 3.09. The van der Waals surface area contributed by atoms with Crippen LogP contribution in [0.5, 0.6) is 11.6 Å². The van der Waals surface area contributed by atoms with E-state index in [1.54, 1.807) is 42.7 Å². The Kier molecular flexibility index (Phi) is 3.84. The summed E-state index contributed by atoms with van der Waals surface area (Å²) in [6, 6.07) is 18.3. The topological polar surface area (TPSA) is 79.9 Å². The molecule has 0 aliphatic rings. The van der Waals surface area contributed by atoms with Crippen LogP contribution in [-0.2, 0) is 0 Å². The number of nitrogens with zero attached hydrogens (tertiary/aromatic N) is 2. The molecule has 0 aliphatic carbocycles. The second-order valence-electron chi connectivity index (χ2n) is 5.34. The first kappa shape index (κ1) is 14.9. The Balaban J connectivity index is 1.59. The van der Waals surface area contributed by atoms with Gasteiger partial charge < -0.3 is 15.0 Å². The maximum Gasteiger partial charge on any atom is 0.273 e. The number of anilines is 1. The summed E-state index contributed by atoms with van der Waals surface area (Å²) < 4.78 is 5.71. The Hall–Kier alpha value is -3.67. The van der Waals surface area contributed by atoms with E-state index in [9.17, 15) is 4.79 Å². The van der Waals surface area contributed by atoms with Crippen LogP contribution in [0.2, 0.25) is 0 Å². The summed E-state index contributed by atoms with van der Waals surface area (Å²) in [5.74, 6) is 0.889. The van der Waals surface area contributed by atoms with E-state index in [-0.39, 0.29) is 5.91 Å². The van der Waals surface area contributed by atoms with Gasteiger partial charge in [-0.25, -0.2) is 9.97 Å². The van der Waals surface area contributed by atoms with E-state index in [2.05, 4.69) is 20.3 Å². The summed E-state index contributed by atoms with van der Waals surface area (Å²) >= 11 is 0. The van der Waals surface area contributed by atoms with Crippen LogP contribution in [0, 0.1) is 0 Å². The number of hydrogen-bond acceptors (Lipinski definition) is 4. The van der Waals surface area contributed by atoms with Crippen molar-refractivity contribution in [2.45, 2.75) is 0 Å². The van der Waals surface area contributed by atoms with Gasteiger partial charge in [0.2, 0.25) is 5.88 Å². The number of fused-ring (bicyclic) bond motifs is 1. The molecule has 0 fully saturated rings. The van der Waals surface area contributed by atoms with Crippen molar-refractivity contribution in [2.75, 3.05) is 5.32 Å². The molecule has 6 heteroatoms. The average molecular weight is 330 g/mol. The molecule has 0 atom stereocenters. The molecule has 25 heavy (non-hydrogen) atoms. The molecule has 0 aliphatic heterocycles. The minimum absolute atomic E-state index is 0.291. The Bertz CT molecular complexity index is 995. The van der Waals surface area contributed by atoms with Crippen LogP contribution in [0.3, 0.4) is 0 Å². The van der Waals surface area contributed by atoms with Gasteiger partial charge >= 0.3 is 0 Å². The van der Waals surface area contributed by atoms with Gasteiger partial charge in [-0.2, -0.15) is 0 Å². The molecule has 0 saturated heterocycles. The molecule has 6 nitrogen and oxygen atoms in total. The van der Waals surface area contributed by atoms with Gasteiger partial charge in [-0.1, -0.05) is 24.3 Å². The standard InChI is InChI=1S/C19H14N4O2/c24-19(15-12-13-6-1-2-7-14(13)22-15)23-18-16(8-5-11-21-18)25-17-9-3-4-10-20-17/h1-12,22H,(H,21,23,24). The van der Waals surface area contributed by atoms with E-state index in [4.69, 9.17) is 4.74 Å². The second kappa shape index (κ2) is 6.45. The zero-order valence-corrected chi connectivity index (χ0v) is 13.1. The van der Waals surface area contributed by atoms with Crippen molar-refractivity contribution in [3.05, 3.63) is 78.8 Å². The number of nitrogens with one attached hydrogen (secondary N) is 2. The number of aromatic nitrogens is 3. The molecule has 3 aromatic heterocycles. The first-order chi connectivity index (χ1) is 12.3. The van der Waals surface area contributed by atoms with Crippen LogP contribution >= 0.6 is 0 Å². The molecule has 4 aromatic rings. The molecule has 0 unspecified atom stereocenters. The lowest BCUT2D eigenvalue weighted by Gasteiger charge is -2.09. The summed E-state index contributed by atoms with van der Waals surface area (Å²) in [6.45, 7) is 0. The zero-order chi connectivity index (χ0) is 17.1. The van der Waals surface area contributed by atoms with Crippen molar-refractivity contribution in [3.8, 4) is 11.6 Å². The number of carbonyl (C=O) groups is 1. The van der Waals surface area contributed by atoms with E-state index in [1.807, 2.05) is 30.3 Å². The molecule has 0 saturated carbocycles. The number of rotatable bonds is 4. The summed E-state index contributed by atoms with van der Waals surface area (Å²) in [4.78, 5) is 23.9. The lowest BCUT2D eigenvalue weighted by Crippen LogP contribution is -2.14. The zero-order valence-electron chi connectivity index (χ0n) is 13.1. The summed E-state index contributed by atoms with van der Waals surface area (Å²) in [6.07, 6.45) is 3.22. The third kappa shape index (κ3) is 3.18. The number of hydrogen-bond donors (Lipinski definition) is 2. The van der Waals surface area contributed by atoms with Gasteiger partial charge in [-0.3, -0.25) is 4.79 Å². The fourth-order valence-corrected chi connectivity index (χ4v) is 2.46. The maximum absolute atomic E-state index is 12.5. The minimum Gasteiger partial charge on any atom is -0.435 e. The van der Waals surface area contributed by atoms with E-state index < -0.39 is 0 Å². The Labute approximate surface area is 143 Å². The number of carbonyl (C=O) groups excluding carboxylic acids is 1. The largest absolute Gasteiger partial charge is 0.435 e. The van der Waals surface area contributed by atoms with Crippen LogP contribution in [0.15, 0.2) is 73.1 Å². The molecule has 0 radical (unpaired) electrons. The molecular formula is C19H14N4O2. The van der Waals surface area contributed by atoms with Crippen molar-refractivity contribution in [3.63, 3.8) is 0 Å². The van der Waals surface area contributed by atoms with Crippen LogP contribution < -0.4 is 10.1 Å². The van der Waals surface area contributed by atoms with Gasteiger partial charge in [0, 0.05) is 29.4 Å². The Morgan fingerprint density at radius 1 is 0.960 bits per heavy atom. The van der Waals surface area contributed by atoms with Gasteiger partial charge in [0.25, 0.3) is 5.91 Å². The highest BCUT2D eigenvalue weighted by Gasteiger charge is 2.14. The quantitative estimate of drug-likeness (QED) is 0.592. The van der Waals surface area contributed by atoms with E-state index in [1.165, 1.54) is 0 Å². The van der Waals surface area contributed by atoms with Crippen LogP contribution in [0.4, 0.5) is 5.82 Å². The van der Waals surface area contributed by atoms with Crippen molar-refractivity contribution in [1.82, 2.24) is 15.0 Å². The molecule has 4 rings (SSSR count).